The Hall–Kier alpha value is -2.41. The molecule has 4 N–H and O–H groups in total. The molecular weight excluding hydrogens is 276 g/mol. The molecule has 7 nitrogen and oxygen atoms in total. The summed E-state index contributed by atoms with van der Waals surface area (Å²) in [6.45, 7) is 1.73. The second-order valence-corrected chi connectivity index (χ2v) is 4.91. The highest BCUT2D eigenvalue weighted by molar-refractivity contribution is 5.97. The lowest BCUT2D eigenvalue weighted by atomic mass is 10.1. The van der Waals surface area contributed by atoms with E-state index in [9.17, 15) is 14.4 Å². The fraction of sp³-hybridized carbons (Fsp3) is 0.357. The van der Waals surface area contributed by atoms with E-state index in [2.05, 4.69) is 5.32 Å². The van der Waals surface area contributed by atoms with Crippen molar-refractivity contribution in [2.75, 3.05) is 5.32 Å². The number of nitrogens with one attached hydrogen (secondary N) is 1. The minimum absolute atomic E-state index is 0.313. The highest BCUT2D eigenvalue weighted by Crippen LogP contribution is 2.23. The summed E-state index contributed by atoms with van der Waals surface area (Å²) in [4.78, 5) is 33.9. The molecule has 0 spiro atoms. The number of hydrogen-bond donors (Lipinski definition) is 3. The van der Waals surface area contributed by atoms with E-state index in [4.69, 9.17) is 15.6 Å². The van der Waals surface area contributed by atoms with E-state index in [0.29, 0.717) is 29.7 Å². The molecule has 2 rings (SSSR count). The summed E-state index contributed by atoms with van der Waals surface area (Å²) in [6, 6.07) is 4.67. The lowest BCUT2D eigenvalue weighted by molar-refractivity contribution is -0.150. The molecule has 1 fully saturated rings. The maximum absolute atomic E-state index is 12.0. The minimum Gasteiger partial charge on any atom is -0.479 e. The van der Waals surface area contributed by atoms with Crippen molar-refractivity contribution >= 4 is 23.5 Å². The normalized spacial score (nSPS) is 21.0. The Labute approximate surface area is 121 Å². The number of carboxylic acid groups (broad SMARTS) is 1. The van der Waals surface area contributed by atoms with Gasteiger partial charge in [-0.15, -0.1) is 0 Å². The van der Waals surface area contributed by atoms with Gasteiger partial charge >= 0.3 is 5.97 Å². The van der Waals surface area contributed by atoms with E-state index in [0.717, 1.165) is 0 Å². The molecule has 0 saturated carbocycles. The largest absolute Gasteiger partial charge is 0.479 e. The summed E-state index contributed by atoms with van der Waals surface area (Å²) >= 11 is 0. The van der Waals surface area contributed by atoms with Crippen LogP contribution >= 0.6 is 0 Å². The van der Waals surface area contributed by atoms with Crippen molar-refractivity contribution in [2.45, 2.75) is 32.0 Å². The topological polar surface area (TPSA) is 119 Å². The molecule has 0 aromatic heterocycles. The first-order valence-corrected chi connectivity index (χ1v) is 6.48. The molecule has 7 heteroatoms. The molecule has 2 atom stereocenters. The van der Waals surface area contributed by atoms with Crippen LogP contribution in [-0.2, 0) is 14.3 Å². The Morgan fingerprint density at radius 1 is 1.29 bits per heavy atom. The van der Waals surface area contributed by atoms with Gasteiger partial charge in [-0.05, 0) is 43.5 Å². The minimum atomic E-state index is -1.06. The van der Waals surface area contributed by atoms with Gasteiger partial charge in [0.1, 0.15) is 6.10 Å². The number of anilines is 1. The number of primary amides is 1. The van der Waals surface area contributed by atoms with Crippen molar-refractivity contribution in [2.24, 2.45) is 5.73 Å². The van der Waals surface area contributed by atoms with Gasteiger partial charge in [-0.1, -0.05) is 0 Å². The fourth-order valence-corrected chi connectivity index (χ4v) is 2.18. The van der Waals surface area contributed by atoms with E-state index in [1.807, 2.05) is 0 Å². The molecule has 112 valence electrons. The highest BCUT2D eigenvalue weighted by atomic mass is 16.5. The van der Waals surface area contributed by atoms with E-state index >= 15 is 0 Å². The van der Waals surface area contributed by atoms with Gasteiger partial charge in [0.25, 0.3) is 5.91 Å². The van der Waals surface area contributed by atoms with Crippen LogP contribution in [0, 0.1) is 6.92 Å². The van der Waals surface area contributed by atoms with Gasteiger partial charge in [0, 0.05) is 11.3 Å². The van der Waals surface area contributed by atoms with Gasteiger partial charge in [0.15, 0.2) is 6.10 Å². The predicted molar refractivity (Wildman–Crippen MR) is 73.9 cm³/mol. The quantitative estimate of drug-likeness (QED) is 0.753. The second-order valence-electron chi connectivity index (χ2n) is 4.91. The number of aliphatic carboxylic acids is 1. The van der Waals surface area contributed by atoms with Crippen molar-refractivity contribution in [3.63, 3.8) is 0 Å². The molecule has 1 aliphatic rings. The number of nitrogens with two attached hydrogens (primary N) is 1. The van der Waals surface area contributed by atoms with Gasteiger partial charge in [-0.25, -0.2) is 4.79 Å². The van der Waals surface area contributed by atoms with Crippen molar-refractivity contribution < 1.29 is 24.2 Å². The Morgan fingerprint density at radius 2 is 1.95 bits per heavy atom. The van der Waals surface area contributed by atoms with Crippen LogP contribution in [0.5, 0.6) is 0 Å². The molecule has 21 heavy (non-hydrogen) atoms. The van der Waals surface area contributed by atoms with E-state index in [1.165, 1.54) is 6.07 Å². The first kappa shape index (κ1) is 15.0. The van der Waals surface area contributed by atoms with E-state index in [1.54, 1.807) is 19.1 Å². The van der Waals surface area contributed by atoms with Gasteiger partial charge in [-0.3, -0.25) is 9.59 Å². The van der Waals surface area contributed by atoms with Crippen molar-refractivity contribution in [3.8, 4) is 0 Å². The monoisotopic (exact) mass is 292 g/mol. The summed E-state index contributed by atoms with van der Waals surface area (Å²) in [5, 5.41) is 11.5. The molecule has 0 bridgehead atoms. The van der Waals surface area contributed by atoms with Crippen LogP contribution in [-0.4, -0.2) is 35.1 Å². The standard InChI is InChI=1S/C14H16N2O5/c1-7-6-8(12(15)17)2-3-9(7)16-13(18)10-4-5-11(21-10)14(19)20/h2-3,6,10-11H,4-5H2,1H3,(H2,15,17)(H,16,18)(H,19,20). The number of carbonyl (C=O) groups excluding carboxylic acids is 2. The third kappa shape index (κ3) is 3.38. The molecule has 2 unspecified atom stereocenters. The number of carboxylic acids is 1. The van der Waals surface area contributed by atoms with Crippen LogP contribution in [0.4, 0.5) is 5.69 Å². The lowest BCUT2D eigenvalue weighted by Gasteiger charge is -2.13. The smallest absolute Gasteiger partial charge is 0.332 e. The van der Waals surface area contributed by atoms with Crippen LogP contribution in [0.3, 0.4) is 0 Å². The molecule has 0 aliphatic carbocycles. The average molecular weight is 292 g/mol. The SMILES string of the molecule is Cc1cc(C(N)=O)ccc1NC(=O)C1CCC(C(=O)O)O1. The molecular formula is C14H16N2O5. The lowest BCUT2D eigenvalue weighted by Crippen LogP contribution is -2.30. The Kier molecular flexibility index (Phi) is 4.23. The zero-order valence-corrected chi connectivity index (χ0v) is 11.5. The molecule has 1 aromatic rings. The molecule has 1 aromatic carbocycles. The number of aryl methyl sites for hydroxylation is 1. The molecule has 2 amide bonds. The number of rotatable bonds is 4. The van der Waals surface area contributed by atoms with Gasteiger partial charge in [-0.2, -0.15) is 0 Å². The Balaban J connectivity index is 2.03. The predicted octanol–water partition coefficient (Wildman–Crippen LogP) is 0.665. The highest BCUT2D eigenvalue weighted by Gasteiger charge is 2.34. The van der Waals surface area contributed by atoms with Gasteiger partial charge in [0.2, 0.25) is 5.91 Å². The van der Waals surface area contributed by atoms with Crippen LogP contribution in [0.25, 0.3) is 0 Å². The van der Waals surface area contributed by atoms with Crippen LogP contribution in [0.2, 0.25) is 0 Å². The summed E-state index contributed by atoms with van der Waals surface area (Å²) in [5.41, 5.74) is 6.75. The van der Waals surface area contributed by atoms with Crippen molar-refractivity contribution in [3.05, 3.63) is 29.3 Å². The van der Waals surface area contributed by atoms with Crippen molar-refractivity contribution in [1.29, 1.82) is 0 Å². The zero-order chi connectivity index (χ0) is 15.6. The van der Waals surface area contributed by atoms with E-state index < -0.39 is 30.0 Å². The first-order chi connectivity index (χ1) is 9.88. The van der Waals surface area contributed by atoms with Crippen LogP contribution in [0.1, 0.15) is 28.8 Å². The zero-order valence-electron chi connectivity index (χ0n) is 11.5. The number of carbonyl (C=O) groups is 3. The molecule has 1 saturated heterocycles. The molecule has 1 aliphatic heterocycles. The summed E-state index contributed by atoms with van der Waals surface area (Å²) in [5.74, 6) is -2.00. The van der Waals surface area contributed by atoms with E-state index in [-0.39, 0.29) is 0 Å². The summed E-state index contributed by atoms with van der Waals surface area (Å²) in [6.07, 6.45) is -1.03. The Bertz CT molecular complexity index is 599. The third-order valence-electron chi connectivity index (χ3n) is 3.36. The third-order valence-corrected chi connectivity index (χ3v) is 3.36. The Morgan fingerprint density at radius 3 is 2.48 bits per heavy atom. The van der Waals surface area contributed by atoms with Gasteiger partial charge < -0.3 is 20.9 Å². The average Bonchev–Trinajstić information content (AvgIpc) is 2.90. The maximum Gasteiger partial charge on any atom is 0.332 e. The van der Waals surface area contributed by atoms with Crippen LogP contribution in [0.15, 0.2) is 18.2 Å². The number of ether oxygens (including phenoxy) is 1. The summed E-state index contributed by atoms with van der Waals surface area (Å²) in [7, 11) is 0. The second kappa shape index (κ2) is 5.92. The van der Waals surface area contributed by atoms with Crippen molar-refractivity contribution in [1.82, 2.24) is 0 Å². The first-order valence-electron chi connectivity index (χ1n) is 6.48. The number of hydrogen-bond acceptors (Lipinski definition) is 4. The van der Waals surface area contributed by atoms with Gasteiger partial charge in [0.05, 0.1) is 0 Å². The van der Waals surface area contributed by atoms with Crippen LogP contribution < -0.4 is 11.1 Å². The number of benzene rings is 1. The molecule has 1 heterocycles. The fourth-order valence-electron chi connectivity index (χ4n) is 2.18. The maximum atomic E-state index is 12.0. The summed E-state index contributed by atoms with van der Waals surface area (Å²) < 4.78 is 5.17. The molecule has 0 radical (unpaired) electrons. The number of amides is 2.